The molecule has 12 N–H and O–H groups in total. The van der Waals surface area contributed by atoms with Crippen molar-refractivity contribution in [2.75, 3.05) is 0 Å². The van der Waals surface area contributed by atoms with E-state index < -0.39 is 76.6 Å². The summed E-state index contributed by atoms with van der Waals surface area (Å²) in [6.45, 7) is 3.62. The highest BCUT2D eigenvalue weighted by Gasteiger charge is 2.69. The van der Waals surface area contributed by atoms with Gasteiger partial charge in [-0.25, -0.2) is 0 Å². The van der Waals surface area contributed by atoms with Gasteiger partial charge >= 0.3 is 23.9 Å². The minimum absolute atomic E-state index is 0.0394. The number of carbonyl (C=O) groups excluding carboxylic acids is 4. The highest BCUT2D eigenvalue weighted by molar-refractivity contribution is 5.94. The Morgan fingerprint density at radius 1 is 0.355 bits per heavy atom. The van der Waals surface area contributed by atoms with Crippen LogP contribution < -0.4 is 22.9 Å². The van der Waals surface area contributed by atoms with Crippen molar-refractivity contribution in [2.24, 2.45) is 57.4 Å². The lowest BCUT2D eigenvalue weighted by molar-refractivity contribution is -0.201. The van der Waals surface area contributed by atoms with Crippen LogP contribution in [0.1, 0.15) is 271 Å². The molecular weight excluding hydrogens is 969 g/mol. The summed E-state index contributed by atoms with van der Waals surface area (Å²) in [4.78, 5) is 102. The van der Waals surface area contributed by atoms with Gasteiger partial charge in [-0.2, -0.15) is 0 Å². The monoisotopic (exact) mass is 1070 g/mol. The zero-order valence-corrected chi connectivity index (χ0v) is 47.3. The van der Waals surface area contributed by atoms with E-state index in [1.807, 2.05) is 6.92 Å². The Morgan fingerprint density at radius 2 is 0.605 bits per heavy atom. The molecule has 0 aromatic carbocycles. The fourth-order valence-corrected chi connectivity index (χ4v) is 11.4. The van der Waals surface area contributed by atoms with Crippen molar-refractivity contribution in [1.82, 2.24) is 0 Å². The van der Waals surface area contributed by atoms with Gasteiger partial charge in [0.05, 0.1) is 22.7 Å². The Labute approximate surface area is 457 Å². The number of allylic oxidation sites excluding steroid dienone is 4. The molecule has 0 radical (unpaired) electrons. The summed E-state index contributed by atoms with van der Waals surface area (Å²) in [5.41, 5.74) is 16.6. The van der Waals surface area contributed by atoms with Crippen LogP contribution in [-0.2, 0) is 38.4 Å². The van der Waals surface area contributed by atoms with E-state index in [2.05, 4.69) is 24.3 Å². The molecule has 0 saturated carbocycles. The largest absolute Gasteiger partial charge is 0.481 e. The van der Waals surface area contributed by atoms with Crippen LogP contribution in [-0.4, -0.2) is 67.9 Å². The van der Waals surface area contributed by atoms with E-state index >= 15 is 0 Å². The van der Waals surface area contributed by atoms with E-state index in [4.69, 9.17) is 22.9 Å². The van der Waals surface area contributed by atoms with Gasteiger partial charge in [0.15, 0.2) is 0 Å². The number of amides is 4. The number of aliphatic carboxylic acids is 4. The molecule has 0 saturated heterocycles. The molecule has 0 aliphatic carbocycles. The van der Waals surface area contributed by atoms with Gasteiger partial charge in [-0.3, -0.25) is 38.4 Å². The van der Waals surface area contributed by atoms with Crippen LogP contribution >= 0.6 is 0 Å². The maximum atomic E-state index is 14.4. The molecule has 438 valence electrons. The smallest absolute Gasteiger partial charge is 0.311 e. The van der Waals surface area contributed by atoms with Gasteiger partial charge in [-0.1, -0.05) is 167 Å². The van der Waals surface area contributed by atoms with Crippen molar-refractivity contribution in [2.45, 2.75) is 271 Å². The van der Waals surface area contributed by atoms with Gasteiger partial charge in [-0.15, -0.1) is 0 Å². The minimum Gasteiger partial charge on any atom is -0.481 e. The molecule has 16 nitrogen and oxygen atoms in total. The van der Waals surface area contributed by atoms with Gasteiger partial charge in [-0.05, 0) is 116 Å². The molecule has 0 fully saturated rings. The van der Waals surface area contributed by atoms with Gasteiger partial charge in [0, 0.05) is 24.7 Å². The van der Waals surface area contributed by atoms with Crippen LogP contribution in [0.15, 0.2) is 24.3 Å². The van der Waals surface area contributed by atoms with E-state index in [9.17, 15) is 58.8 Å². The van der Waals surface area contributed by atoms with Crippen molar-refractivity contribution in [3.63, 3.8) is 0 Å². The van der Waals surface area contributed by atoms with Crippen molar-refractivity contribution in [3.05, 3.63) is 24.3 Å². The Balaban J connectivity index is 6.46. The predicted octanol–water partition coefficient (Wildman–Crippen LogP) is 12.5. The topological polar surface area (TPSA) is 322 Å². The zero-order chi connectivity index (χ0) is 57.0. The van der Waals surface area contributed by atoms with Crippen molar-refractivity contribution >= 4 is 47.5 Å². The number of hydrogen-bond donors (Lipinski definition) is 8. The summed E-state index contributed by atoms with van der Waals surface area (Å²) in [5.74, 6) is -12.3. The van der Waals surface area contributed by atoms with E-state index in [0.29, 0.717) is 64.2 Å². The number of carbonyl (C=O) groups is 8. The number of nitrogens with two attached hydrogens (primary N) is 4. The van der Waals surface area contributed by atoms with E-state index in [1.54, 1.807) is 6.92 Å². The summed E-state index contributed by atoms with van der Waals surface area (Å²) in [6, 6.07) is 0. The lowest BCUT2D eigenvalue weighted by Crippen LogP contribution is -2.63. The number of rotatable bonds is 55. The summed E-state index contributed by atoms with van der Waals surface area (Å²) < 4.78 is 0. The molecule has 0 bridgehead atoms. The molecule has 76 heavy (non-hydrogen) atoms. The van der Waals surface area contributed by atoms with Gasteiger partial charge in [0.1, 0.15) is 0 Å². The Hall–Kier alpha value is -4.76. The molecule has 4 amide bonds. The Kier molecular flexibility index (Phi) is 41.5. The maximum absolute atomic E-state index is 14.4. The average Bonchev–Trinajstić information content (AvgIpc) is 3.35. The third-order valence-electron chi connectivity index (χ3n) is 16.0. The van der Waals surface area contributed by atoms with Gasteiger partial charge in [0.25, 0.3) is 0 Å². The first kappa shape index (κ1) is 71.2. The van der Waals surface area contributed by atoms with Crippen LogP contribution in [0.2, 0.25) is 0 Å². The van der Waals surface area contributed by atoms with E-state index in [0.717, 1.165) is 135 Å². The van der Waals surface area contributed by atoms with Crippen LogP contribution in [0.25, 0.3) is 0 Å². The molecular formula is C60H106N4O12. The first-order chi connectivity index (χ1) is 36.4. The number of carboxylic acid groups (broad SMARTS) is 4. The van der Waals surface area contributed by atoms with Crippen LogP contribution in [0, 0.1) is 34.5 Å². The number of unbranched alkanes of at least 4 members (excludes halogenated alkanes) is 24. The van der Waals surface area contributed by atoms with Crippen molar-refractivity contribution < 1.29 is 58.8 Å². The first-order valence-corrected chi connectivity index (χ1v) is 29.7. The average molecular weight is 1080 g/mol. The third kappa shape index (κ3) is 29.7. The lowest BCUT2D eigenvalue weighted by Gasteiger charge is -2.51. The molecule has 0 aromatic heterocycles. The Bertz CT molecular complexity index is 1720. The fourth-order valence-electron chi connectivity index (χ4n) is 11.4. The molecule has 6 unspecified atom stereocenters. The first-order valence-electron chi connectivity index (χ1n) is 29.7. The number of carboxylic acids is 4. The number of primary amides is 4. The second kappa shape index (κ2) is 44.2. The van der Waals surface area contributed by atoms with Crippen LogP contribution in [0.3, 0.4) is 0 Å². The van der Waals surface area contributed by atoms with Gasteiger partial charge in [0.2, 0.25) is 23.6 Å². The number of hydrogen-bond acceptors (Lipinski definition) is 8. The van der Waals surface area contributed by atoms with Crippen molar-refractivity contribution in [3.8, 4) is 0 Å². The Morgan fingerprint density at radius 3 is 0.895 bits per heavy atom. The second-order valence-corrected chi connectivity index (χ2v) is 21.7. The fraction of sp³-hybridized carbons (Fsp3) is 0.800. The molecule has 0 aliphatic rings. The van der Waals surface area contributed by atoms with Gasteiger partial charge < -0.3 is 43.4 Å². The molecule has 6 atom stereocenters. The summed E-state index contributed by atoms with van der Waals surface area (Å²) in [5, 5.41) is 45.6. The highest BCUT2D eigenvalue weighted by atomic mass is 16.4. The standard InChI is InChI=1S/C60H106N4O12/c1-3-47(53(63)67)39-34-35-42-50(56(71)72)59(57(73)74,45-37-30-26-22-18-14-10-6-9-13-17-21-25-29-33-44-52(62)66)60(58(75)76,46-38-36-40-48(4-2)54(64)68)49(55(69)70)41-31-27-23-19-15-11-7-5-8-12-16-20-24-28-32-43-51(61)65/h5-6,8-9,47-50H,3-4,7,10-46H2,1-2H3,(H2,61,65)(H2,62,66)(H2,63,67)(H2,64,68)(H,69,70)(H,71,72)(H,73,74)(H,75,76)/b8-5-,9-6-. The van der Waals surface area contributed by atoms with Crippen LogP contribution in [0.5, 0.6) is 0 Å². The highest BCUT2D eigenvalue weighted by Crippen LogP contribution is 2.59. The molecule has 0 aliphatic heterocycles. The molecule has 16 heteroatoms. The summed E-state index contributed by atoms with van der Waals surface area (Å²) in [6.07, 6.45) is 33.4. The zero-order valence-electron chi connectivity index (χ0n) is 47.3. The molecule has 0 spiro atoms. The molecule has 0 aromatic rings. The minimum atomic E-state index is -2.55. The summed E-state index contributed by atoms with van der Waals surface area (Å²) in [7, 11) is 0. The molecule has 0 rings (SSSR count). The SMILES string of the molecule is CCC(CCCCC(C(=O)O)C(CCCCCCCC/C=C\CCCCCCCC(N)=O)(C(=O)O)C(CCCCC(CC)C(N)=O)(C(=O)O)C(CCCCCCCC/C=C\CCCCCCCC(N)=O)C(=O)O)C(N)=O. The van der Waals surface area contributed by atoms with E-state index in [-0.39, 0.29) is 63.2 Å². The maximum Gasteiger partial charge on any atom is 0.311 e. The molecule has 0 heterocycles. The predicted molar refractivity (Wildman–Crippen MR) is 300 cm³/mol. The van der Waals surface area contributed by atoms with E-state index in [1.165, 1.54) is 0 Å². The van der Waals surface area contributed by atoms with Crippen molar-refractivity contribution in [1.29, 1.82) is 0 Å². The normalized spacial score (nSPS) is 14.9. The summed E-state index contributed by atoms with van der Waals surface area (Å²) >= 11 is 0. The quantitative estimate of drug-likeness (QED) is 0.0208. The third-order valence-corrected chi connectivity index (χ3v) is 16.0. The lowest BCUT2D eigenvalue weighted by atomic mass is 9.47. The van der Waals surface area contributed by atoms with Crippen LogP contribution in [0.4, 0.5) is 0 Å². The second-order valence-electron chi connectivity index (χ2n) is 21.7.